The molecule has 0 saturated carbocycles. The van der Waals surface area contributed by atoms with Crippen molar-refractivity contribution in [2.45, 2.75) is 20.0 Å². The van der Waals surface area contributed by atoms with Gasteiger partial charge in [-0.3, -0.25) is 9.59 Å². The van der Waals surface area contributed by atoms with Crippen molar-refractivity contribution in [2.24, 2.45) is 0 Å². The molecule has 1 unspecified atom stereocenters. The summed E-state index contributed by atoms with van der Waals surface area (Å²) in [6.45, 7) is 2.32. The van der Waals surface area contributed by atoms with Gasteiger partial charge < -0.3 is 14.2 Å². The molecular formula is C14H16O6. The van der Waals surface area contributed by atoms with Crippen molar-refractivity contribution in [3.05, 3.63) is 35.4 Å². The lowest BCUT2D eigenvalue weighted by atomic mass is 10.0. The molecule has 6 nitrogen and oxygen atoms in total. The molecule has 1 aromatic rings. The maximum atomic E-state index is 11.7. The van der Waals surface area contributed by atoms with E-state index in [1.54, 1.807) is 24.3 Å². The lowest BCUT2D eigenvalue weighted by molar-refractivity contribution is -0.156. The third kappa shape index (κ3) is 4.38. The van der Waals surface area contributed by atoms with Crippen molar-refractivity contribution in [1.29, 1.82) is 0 Å². The summed E-state index contributed by atoms with van der Waals surface area (Å²) in [4.78, 5) is 33.7. The van der Waals surface area contributed by atoms with Crippen molar-refractivity contribution in [3.8, 4) is 0 Å². The average Bonchev–Trinajstić information content (AvgIpc) is 2.42. The molecule has 0 saturated heterocycles. The molecule has 0 aliphatic rings. The zero-order valence-electron chi connectivity index (χ0n) is 11.5. The maximum absolute atomic E-state index is 11.7. The van der Waals surface area contributed by atoms with Gasteiger partial charge in [0.15, 0.2) is 6.10 Å². The van der Waals surface area contributed by atoms with Gasteiger partial charge in [-0.25, -0.2) is 4.79 Å². The molecule has 0 aliphatic heterocycles. The van der Waals surface area contributed by atoms with Gasteiger partial charge in [0.2, 0.25) is 0 Å². The summed E-state index contributed by atoms with van der Waals surface area (Å²) in [7, 11) is 1.26. The van der Waals surface area contributed by atoms with Gasteiger partial charge in [-0.15, -0.1) is 0 Å². The highest BCUT2D eigenvalue weighted by Crippen LogP contribution is 2.23. The van der Waals surface area contributed by atoms with Gasteiger partial charge in [0.25, 0.3) is 0 Å². The van der Waals surface area contributed by atoms with E-state index in [-0.39, 0.29) is 12.2 Å². The Labute approximate surface area is 116 Å². The van der Waals surface area contributed by atoms with Crippen LogP contribution < -0.4 is 0 Å². The van der Waals surface area contributed by atoms with Crippen molar-refractivity contribution in [2.75, 3.05) is 13.7 Å². The number of carbonyl (C=O) groups excluding carboxylic acids is 3. The first-order chi connectivity index (χ1) is 9.45. The Morgan fingerprint density at radius 3 is 2.30 bits per heavy atom. The van der Waals surface area contributed by atoms with Crippen LogP contribution in [0.3, 0.4) is 0 Å². The summed E-state index contributed by atoms with van der Waals surface area (Å²) < 4.78 is 14.6. The molecule has 0 aromatic heterocycles. The Bertz CT molecular complexity index is 508. The van der Waals surface area contributed by atoms with E-state index in [9.17, 15) is 14.4 Å². The Balaban J connectivity index is 3.08. The van der Waals surface area contributed by atoms with Gasteiger partial charge in [-0.1, -0.05) is 18.2 Å². The van der Waals surface area contributed by atoms with E-state index in [0.717, 1.165) is 0 Å². The monoisotopic (exact) mass is 280 g/mol. The van der Waals surface area contributed by atoms with Gasteiger partial charge >= 0.3 is 17.9 Å². The quantitative estimate of drug-likeness (QED) is 0.602. The summed E-state index contributed by atoms with van der Waals surface area (Å²) in [6.07, 6.45) is -0.855. The number of ether oxygens (including phenoxy) is 3. The highest BCUT2D eigenvalue weighted by Gasteiger charge is 2.23. The van der Waals surface area contributed by atoms with Crippen molar-refractivity contribution in [1.82, 2.24) is 0 Å². The van der Waals surface area contributed by atoms with E-state index in [4.69, 9.17) is 9.47 Å². The van der Waals surface area contributed by atoms with E-state index in [2.05, 4.69) is 4.74 Å². The lowest BCUT2D eigenvalue weighted by Crippen LogP contribution is -2.19. The number of hydrogen-bond donors (Lipinski definition) is 0. The smallest absolute Gasteiger partial charge is 0.338 e. The highest BCUT2D eigenvalue weighted by atomic mass is 16.6. The Kier molecular flexibility index (Phi) is 5.71. The van der Waals surface area contributed by atoms with Crippen LogP contribution in [0, 0.1) is 0 Å². The van der Waals surface area contributed by atoms with E-state index in [0.29, 0.717) is 5.56 Å². The van der Waals surface area contributed by atoms with E-state index >= 15 is 0 Å². The van der Waals surface area contributed by atoms with Gasteiger partial charge in [0.05, 0.1) is 12.7 Å². The van der Waals surface area contributed by atoms with Crippen LogP contribution in [0.4, 0.5) is 0 Å². The van der Waals surface area contributed by atoms with Crippen molar-refractivity contribution in [3.63, 3.8) is 0 Å². The van der Waals surface area contributed by atoms with Crippen LogP contribution >= 0.6 is 0 Å². The molecule has 0 radical (unpaired) electrons. The summed E-state index contributed by atoms with van der Waals surface area (Å²) in [5.74, 6) is -1.60. The van der Waals surface area contributed by atoms with Gasteiger partial charge in [-0.05, 0) is 6.07 Å². The van der Waals surface area contributed by atoms with E-state index < -0.39 is 24.0 Å². The second-order valence-corrected chi connectivity index (χ2v) is 3.98. The fraction of sp³-hybridized carbons (Fsp3) is 0.357. The molecule has 0 heterocycles. The van der Waals surface area contributed by atoms with Crippen LogP contribution in [0.2, 0.25) is 0 Å². The second kappa shape index (κ2) is 7.28. The average molecular weight is 280 g/mol. The number of rotatable bonds is 5. The predicted octanol–water partition coefficient (Wildman–Crippen LogP) is 1.64. The van der Waals surface area contributed by atoms with E-state index in [1.165, 1.54) is 21.0 Å². The molecule has 1 rings (SSSR count). The summed E-state index contributed by atoms with van der Waals surface area (Å²) in [5, 5.41) is 0. The van der Waals surface area contributed by atoms with Crippen LogP contribution in [0.1, 0.15) is 35.9 Å². The molecule has 0 fully saturated rings. The van der Waals surface area contributed by atoms with Gasteiger partial charge in [0, 0.05) is 19.4 Å². The van der Waals surface area contributed by atoms with Crippen LogP contribution in [0.25, 0.3) is 0 Å². The largest absolute Gasteiger partial charge is 0.465 e. The minimum absolute atomic E-state index is 0.164. The van der Waals surface area contributed by atoms with Crippen molar-refractivity contribution < 1.29 is 28.6 Å². The van der Waals surface area contributed by atoms with Crippen LogP contribution in [0.5, 0.6) is 0 Å². The zero-order valence-corrected chi connectivity index (χ0v) is 11.5. The van der Waals surface area contributed by atoms with Gasteiger partial charge in [-0.2, -0.15) is 0 Å². The molecule has 0 N–H and O–H groups in total. The topological polar surface area (TPSA) is 78.9 Å². The summed E-state index contributed by atoms with van der Waals surface area (Å²) in [5.41, 5.74) is 0.684. The van der Waals surface area contributed by atoms with Crippen LogP contribution in [-0.2, 0) is 23.8 Å². The van der Waals surface area contributed by atoms with E-state index in [1.807, 2.05) is 0 Å². The highest BCUT2D eigenvalue weighted by molar-refractivity contribution is 5.91. The Morgan fingerprint density at radius 1 is 1.10 bits per heavy atom. The minimum atomic E-state index is -0.855. The molecule has 6 heteroatoms. The van der Waals surface area contributed by atoms with Gasteiger partial charge in [0.1, 0.15) is 6.61 Å². The molecule has 0 aliphatic carbocycles. The number of benzene rings is 1. The minimum Gasteiger partial charge on any atom is -0.465 e. The molecule has 20 heavy (non-hydrogen) atoms. The normalized spacial score (nSPS) is 11.3. The number of methoxy groups -OCH3 is 1. The number of esters is 3. The summed E-state index contributed by atoms with van der Waals surface area (Å²) >= 11 is 0. The second-order valence-electron chi connectivity index (χ2n) is 3.98. The predicted molar refractivity (Wildman–Crippen MR) is 68.9 cm³/mol. The fourth-order valence-electron chi connectivity index (χ4n) is 1.65. The maximum Gasteiger partial charge on any atom is 0.338 e. The molecule has 108 valence electrons. The summed E-state index contributed by atoms with van der Waals surface area (Å²) in [6, 6.07) is 6.51. The first-order valence-corrected chi connectivity index (χ1v) is 5.93. The number of hydrogen-bond acceptors (Lipinski definition) is 6. The fourth-order valence-corrected chi connectivity index (χ4v) is 1.65. The first-order valence-electron chi connectivity index (χ1n) is 5.93. The number of carbonyl (C=O) groups is 3. The molecule has 1 atom stereocenters. The molecule has 1 aromatic carbocycles. The third-order valence-corrected chi connectivity index (χ3v) is 2.46. The Morgan fingerprint density at radius 2 is 1.75 bits per heavy atom. The SMILES string of the molecule is COC(=O)c1ccccc1C(COC(C)=O)OC(C)=O. The van der Waals surface area contributed by atoms with Crippen molar-refractivity contribution >= 4 is 17.9 Å². The molecule has 0 spiro atoms. The lowest BCUT2D eigenvalue weighted by Gasteiger charge is -2.19. The molecular weight excluding hydrogens is 264 g/mol. The van der Waals surface area contributed by atoms with Crippen LogP contribution in [0.15, 0.2) is 24.3 Å². The first kappa shape index (κ1) is 15.7. The molecule has 0 bridgehead atoms. The molecule has 0 amide bonds. The van der Waals surface area contributed by atoms with Crippen LogP contribution in [-0.4, -0.2) is 31.6 Å². The standard InChI is InChI=1S/C14H16O6/c1-9(15)19-8-13(20-10(2)16)11-6-4-5-7-12(11)14(17)18-3/h4-7,13H,8H2,1-3H3. The Hall–Kier alpha value is -2.37. The third-order valence-electron chi connectivity index (χ3n) is 2.46. The zero-order chi connectivity index (χ0) is 15.1.